The van der Waals surface area contributed by atoms with Gasteiger partial charge in [0.2, 0.25) is 0 Å². The summed E-state index contributed by atoms with van der Waals surface area (Å²) in [5.74, 6) is 0.529. The Hall–Kier alpha value is -2.90. The lowest BCUT2D eigenvalue weighted by atomic mass is 9.99. The van der Waals surface area contributed by atoms with Crippen LogP contribution in [0.15, 0.2) is 77.7 Å². The topological polar surface area (TPSA) is 70.2 Å². The normalized spacial score (nSPS) is 12.1. The first kappa shape index (κ1) is 22.8. The van der Waals surface area contributed by atoms with E-state index in [2.05, 4.69) is 41.3 Å². The Balaban J connectivity index is 1.58. The summed E-state index contributed by atoms with van der Waals surface area (Å²) in [5.41, 5.74) is 4.45. The van der Waals surface area contributed by atoms with Crippen LogP contribution in [0, 0.1) is 6.92 Å². The second-order valence-corrected chi connectivity index (χ2v) is 9.60. The van der Waals surface area contributed by atoms with Gasteiger partial charge < -0.3 is 10.6 Å². The third-order valence-electron chi connectivity index (χ3n) is 5.08. The molecule has 0 aromatic heterocycles. The Morgan fingerprint density at radius 3 is 1.84 bits per heavy atom. The smallest absolute Gasteiger partial charge is 0.261 e. The van der Waals surface area contributed by atoms with Gasteiger partial charge in [-0.3, -0.25) is 4.72 Å². The van der Waals surface area contributed by atoms with Gasteiger partial charge in [0.25, 0.3) is 10.0 Å². The Labute approximate surface area is 190 Å². The molecule has 0 spiro atoms. The molecule has 3 N–H and O–H groups in total. The molecule has 3 aromatic carbocycles. The molecule has 1 unspecified atom stereocenters. The lowest BCUT2D eigenvalue weighted by molar-refractivity contribution is 0.601. The minimum absolute atomic E-state index is 0.227. The molecule has 31 heavy (non-hydrogen) atoms. The van der Waals surface area contributed by atoms with Crippen LogP contribution in [0.3, 0.4) is 0 Å². The maximum atomic E-state index is 12.5. The van der Waals surface area contributed by atoms with Crippen molar-refractivity contribution in [3.63, 3.8) is 0 Å². The Bertz CT molecular complexity index is 1120. The largest absolute Gasteiger partial charge is 0.332 e. The molecule has 0 amide bonds. The van der Waals surface area contributed by atoms with Gasteiger partial charge in [0.15, 0.2) is 5.11 Å². The van der Waals surface area contributed by atoms with Crippen molar-refractivity contribution in [3.05, 3.63) is 83.9 Å². The first-order valence-corrected chi connectivity index (χ1v) is 12.0. The summed E-state index contributed by atoms with van der Waals surface area (Å²) in [6, 6.07) is 21.9. The summed E-state index contributed by atoms with van der Waals surface area (Å²) in [5, 5.41) is 6.73. The molecule has 0 aliphatic heterocycles. The predicted molar refractivity (Wildman–Crippen MR) is 133 cm³/mol. The van der Waals surface area contributed by atoms with Crippen LogP contribution in [-0.2, 0) is 10.0 Å². The lowest BCUT2D eigenvalue weighted by Crippen LogP contribution is -2.19. The molecule has 1 atom stereocenters. The molecule has 0 saturated carbocycles. The van der Waals surface area contributed by atoms with E-state index in [1.165, 1.54) is 5.56 Å². The molecular weight excluding hydrogens is 426 g/mol. The SMILES string of the molecule is CCC(C)c1ccc(NC(=S)Nc2ccc(NS(=O)(=O)c3ccc(C)cc3)cc2)cc1. The van der Waals surface area contributed by atoms with Crippen molar-refractivity contribution in [2.45, 2.75) is 38.0 Å². The molecule has 0 bridgehead atoms. The van der Waals surface area contributed by atoms with E-state index in [0.29, 0.717) is 16.7 Å². The molecule has 0 aliphatic rings. The highest BCUT2D eigenvalue weighted by atomic mass is 32.2. The lowest BCUT2D eigenvalue weighted by Gasteiger charge is -2.13. The number of thiocarbonyl (C=S) groups is 1. The fourth-order valence-corrected chi connectivity index (χ4v) is 4.27. The number of hydrogen-bond acceptors (Lipinski definition) is 3. The molecule has 0 fully saturated rings. The van der Waals surface area contributed by atoms with E-state index in [1.54, 1.807) is 48.5 Å². The fraction of sp³-hybridized carbons (Fsp3) is 0.208. The van der Waals surface area contributed by atoms with E-state index in [4.69, 9.17) is 12.2 Å². The molecule has 7 heteroatoms. The van der Waals surface area contributed by atoms with Crippen LogP contribution < -0.4 is 15.4 Å². The van der Waals surface area contributed by atoms with E-state index in [9.17, 15) is 8.42 Å². The maximum absolute atomic E-state index is 12.5. The van der Waals surface area contributed by atoms with Crippen LogP contribution in [0.5, 0.6) is 0 Å². The number of anilines is 3. The first-order chi connectivity index (χ1) is 14.8. The molecule has 0 aliphatic carbocycles. The number of rotatable bonds is 7. The molecule has 3 aromatic rings. The van der Waals surface area contributed by atoms with Crippen molar-refractivity contribution in [1.82, 2.24) is 0 Å². The maximum Gasteiger partial charge on any atom is 0.261 e. The molecular formula is C24H27N3O2S2. The van der Waals surface area contributed by atoms with Gasteiger partial charge >= 0.3 is 0 Å². The number of sulfonamides is 1. The van der Waals surface area contributed by atoms with Gasteiger partial charge in [-0.15, -0.1) is 0 Å². The molecule has 0 radical (unpaired) electrons. The van der Waals surface area contributed by atoms with Crippen LogP contribution in [0.4, 0.5) is 17.1 Å². The summed E-state index contributed by atoms with van der Waals surface area (Å²) in [6.07, 6.45) is 1.10. The standard InChI is InChI=1S/C24H27N3O2S2/c1-4-18(3)19-7-9-20(10-8-19)25-24(30)26-21-11-13-22(14-12-21)27-31(28,29)23-15-5-17(2)6-16-23/h5-16,18,27H,4H2,1-3H3,(H2,25,26,30). The zero-order valence-electron chi connectivity index (χ0n) is 17.8. The van der Waals surface area contributed by atoms with Crippen LogP contribution in [-0.4, -0.2) is 13.5 Å². The van der Waals surface area contributed by atoms with Crippen LogP contribution >= 0.6 is 12.2 Å². The molecule has 162 valence electrons. The predicted octanol–water partition coefficient (Wildman–Crippen LogP) is 6.12. The first-order valence-electron chi connectivity index (χ1n) is 10.1. The minimum atomic E-state index is -3.63. The average Bonchev–Trinajstić information content (AvgIpc) is 2.75. The van der Waals surface area contributed by atoms with E-state index in [1.807, 2.05) is 19.1 Å². The number of aryl methyl sites for hydroxylation is 1. The average molecular weight is 454 g/mol. The summed E-state index contributed by atoms with van der Waals surface area (Å²) in [4.78, 5) is 0.227. The monoisotopic (exact) mass is 453 g/mol. The number of hydrogen-bond donors (Lipinski definition) is 3. The highest BCUT2D eigenvalue weighted by Gasteiger charge is 2.13. The van der Waals surface area contributed by atoms with Gasteiger partial charge in [0, 0.05) is 17.1 Å². The molecule has 0 saturated heterocycles. The van der Waals surface area contributed by atoms with Crippen molar-refractivity contribution in [3.8, 4) is 0 Å². The van der Waals surface area contributed by atoms with E-state index in [-0.39, 0.29) is 4.90 Å². The summed E-state index contributed by atoms with van der Waals surface area (Å²) in [7, 11) is -3.63. The third kappa shape index (κ3) is 6.29. The summed E-state index contributed by atoms with van der Waals surface area (Å²) in [6.45, 7) is 6.30. The quantitative estimate of drug-likeness (QED) is 0.376. The third-order valence-corrected chi connectivity index (χ3v) is 6.68. The van der Waals surface area contributed by atoms with Crippen molar-refractivity contribution >= 4 is 44.4 Å². The zero-order chi connectivity index (χ0) is 22.4. The fourth-order valence-electron chi connectivity index (χ4n) is 2.98. The summed E-state index contributed by atoms with van der Waals surface area (Å²) < 4.78 is 27.6. The van der Waals surface area contributed by atoms with Crippen LogP contribution in [0.2, 0.25) is 0 Å². The van der Waals surface area contributed by atoms with Gasteiger partial charge in [0.05, 0.1) is 4.90 Å². The van der Waals surface area contributed by atoms with Crippen molar-refractivity contribution in [2.24, 2.45) is 0 Å². The Morgan fingerprint density at radius 2 is 1.32 bits per heavy atom. The highest BCUT2D eigenvalue weighted by Crippen LogP contribution is 2.21. The van der Waals surface area contributed by atoms with Gasteiger partial charge in [-0.1, -0.05) is 43.7 Å². The van der Waals surface area contributed by atoms with Crippen molar-refractivity contribution in [2.75, 3.05) is 15.4 Å². The summed E-state index contributed by atoms with van der Waals surface area (Å²) >= 11 is 5.39. The van der Waals surface area contributed by atoms with Crippen molar-refractivity contribution < 1.29 is 8.42 Å². The van der Waals surface area contributed by atoms with Crippen LogP contribution in [0.25, 0.3) is 0 Å². The van der Waals surface area contributed by atoms with Crippen LogP contribution in [0.1, 0.15) is 37.3 Å². The van der Waals surface area contributed by atoms with Crippen molar-refractivity contribution in [1.29, 1.82) is 0 Å². The van der Waals surface area contributed by atoms with E-state index < -0.39 is 10.0 Å². The zero-order valence-corrected chi connectivity index (χ0v) is 19.5. The molecule has 0 heterocycles. The van der Waals surface area contributed by atoms with E-state index in [0.717, 1.165) is 23.4 Å². The molecule has 3 rings (SSSR count). The number of benzene rings is 3. The Morgan fingerprint density at radius 1 is 0.839 bits per heavy atom. The highest BCUT2D eigenvalue weighted by molar-refractivity contribution is 7.92. The second-order valence-electron chi connectivity index (χ2n) is 7.51. The van der Waals surface area contributed by atoms with Gasteiger partial charge in [-0.2, -0.15) is 0 Å². The minimum Gasteiger partial charge on any atom is -0.332 e. The Kier molecular flexibility index (Phi) is 7.30. The van der Waals surface area contributed by atoms with Gasteiger partial charge in [-0.25, -0.2) is 8.42 Å². The molecule has 5 nitrogen and oxygen atoms in total. The number of nitrogens with one attached hydrogen (secondary N) is 3. The van der Waals surface area contributed by atoms with Gasteiger partial charge in [0.1, 0.15) is 0 Å². The van der Waals surface area contributed by atoms with E-state index >= 15 is 0 Å². The second kappa shape index (κ2) is 9.94. The van der Waals surface area contributed by atoms with Gasteiger partial charge in [-0.05, 0) is 85.6 Å².